The van der Waals surface area contributed by atoms with Gasteiger partial charge in [-0.25, -0.2) is 9.37 Å². The van der Waals surface area contributed by atoms with Crippen LogP contribution in [0.3, 0.4) is 0 Å². The molecule has 0 aliphatic heterocycles. The quantitative estimate of drug-likeness (QED) is 0.360. The van der Waals surface area contributed by atoms with Crippen LogP contribution in [-0.2, 0) is 0 Å². The van der Waals surface area contributed by atoms with E-state index in [1.807, 2.05) is 61.5 Å². The predicted molar refractivity (Wildman–Crippen MR) is 138 cm³/mol. The Labute approximate surface area is 206 Å². The number of rotatable bonds is 5. The van der Waals surface area contributed by atoms with E-state index in [-0.39, 0.29) is 28.7 Å². The average Bonchev–Trinajstić information content (AvgIpc) is 2.89. The lowest BCUT2D eigenvalue weighted by Crippen LogP contribution is -2.26. The Morgan fingerprint density at radius 2 is 1.83 bits per heavy atom. The smallest absolute Gasteiger partial charge is 0.263 e. The van der Waals surface area contributed by atoms with Gasteiger partial charge in [0.25, 0.3) is 5.56 Å². The van der Waals surface area contributed by atoms with Crippen LogP contribution in [0.2, 0.25) is 0 Å². The third-order valence-electron chi connectivity index (χ3n) is 5.95. The van der Waals surface area contributed by atoms with Crippen LogP contribution in [0.4, 0.5) is 16.2 Å². The molecule has 0 bridgehead atoms. The molecule has 36 heavy (non-hydrogen) atoms. The lowest BCUT2D eigenvalue weighted by molar-refractivity contribution is 0.628. The number of benzene rings is 3. The van der Waals surface area contributed by atoms with Gasteiger partial charge >= 0.3 is 0 Å². The van der Waals surface area contributed by atoms with Crippen LogP contribution in [0.1, 0.15) is 24.2 Å². The van der Waals surface area contributed by atoms with Crippen molar-refractivity contribution in [1.29, 1.82) is 5.26 Å². The van der Waals surface area contributed by atoms with E-state index in [0.29, 0.717) is 33.3 Å². The molecule has 5 rings (SSSR count). The molecule has 1 atom stereocenters. The highest BCUT2D eigenvalue weighted by atomic mass is 19.1. The molecule has 3 aromatic carbocycles. The number of nitriles is 1. The number of hydrogen-bond acceptors (Lipinski definition) is 6. The molecule has 0 saturated heterocycles. The molecule has 0 fully saturated rings. The fourth-order valence-electron chi connectivity index (χ4n) is 4.31. The molecular formula is C28H21FN6O. The Morgan fingerprint density at radius 3 is 2.58 bits per heavy atom. The standard InChI is InChI=1S/C28H21FN6O/c1-17(33-26-20(15-30)16-32-28(31)34-26)24-14-19-8-6-12-23(18-7-5-9-21(29)13-18)25(19)27(36)35(24)22-10-3-2-4-11-22/h2-14,16-17H,1H3,(H3,31,32,33,34). The maximum absolute atomic E-state index is 14.1. The molecule has 2 heterocycles. The van der Waals surface area contributed by atoms with E-state index >= 15 is 0 Å². The Hall–Kier alpha value is -5.03. The van der Waals surface area contributed by atoms with Crippen molar-refractivity contribution in [1.82, 2.24) is 14.5 Å². The van der Waals surface area contributed by atoms with Crippen molar-refractivity contribution in [3.05, 3.63) is 112 Å². The average molecular weight is 477 g/mol. The SMILES string of the molecule is CC(Nc1nc(N)ncc1C#N)c1cc2cccc(-c3cccc(F)c3)c2c(=O)n1-c1ccccc1. The summed E-state index contributed by atoms with van der Waals surface area (Å²) in [5, 5.41) is 13.9. The van der Waals surface area contributed by atoms with Crippen molar-refractivity contribution < 1.29 is 4.39 Å². The summed E-state index contributed by atoms with van der Waals surface area (Å²) in [6.45, 7) is 1.87. The summed E-state index contributed by atoms with van der Waals surface area (Å²) in [6.07, 6.45) is 1.35. The number of nitrogens with two attached hydrogens (primary N) is 1. The van der Waals surface area contributed by atoms with Crippen LogP contribution in [0.25, 0.3) is 27.6 Å². The number of nitrogens with one attached hydrogen (secondary N) is 1. The number of para-hydroxylation sites is 1. The molecule has 0 aliphatic rings. The van der Waals surface area contributed by atoms with E-state index in [1.54, 1.807) is 16.7 Å². The van der Waals surface area contributed by atoms with Gasteiger partial charge in [0.1, 0.15) is 23.3 Å². The number of halogens is 1. The molecule has 5 aromatic rings. The monoisotopic (exact) mass is 476 g/mol. The van der Waals surface area contributed by atoms with Crippen molar-refractivity contribution in [2.75, 3.05) is 11.1 Å². The Bertz CT molecular complexity index is 1690. The molecule has 2 aromatic heterocycles. The minimum atomic E-state index is -0.443. The van der Waals surface area contributed by atoms with Crippen LogP contribution in [0.5, 0.6) is 0 Å². The maximum atomic E-state index is 14.1. The summed E-state index contributed by atoms with van der Waals surface area (Å²) >= 11 is 0. The van der Waals surface area contributed by atoms with Gasteiger partial charge in [-0.1, -0.05) is 48.5 Å². The zero-order valence-electron chi connectivity index (χ0n) is 19.3. The summed E-state index contributed by atoms with van der Waals surface area (Å²) in [6, 6.07) is 24.5. The molecule has 0 amide bonds. The van der Waals surface area contributed by atoms with E-state index < -0.39 is 6.04 Å². The van der Waals surface area contributed by atoms with Crippen molar-refractivity contribution >= 4 is 22.5 Å². The molecule has 0 radical (unpaired) electrons. The van der Waals surface area contributed by atoms with Crippen molar-refractivity contribution in [3.63, 3.8) is 0 Å². The van der Waals surface area contributed by atoms with Gasteiger partial charge < -0.3 is 11.1 Å². The number of nitrogens with zero attached hydrogens (tertiary/aromatic N) is 4. The van der Waals surface area contributed by atoms with Crippen LogP contribution in [-0.4, -0.2) is 14.5 Å². The zero-order valence-corrected chi connectivity index (χ0v) is 19.3. The predicted octanol–water partition coefficient (Wildman–Crippen LogP) is 5.21. The second-order valence-corrected chi connectivity index (χ2v) is 8.29. The number of nitrogen functional groups attached to an aromatic ring is 1. The van der Waals surface area contributed by atoms with Gasteiger partial charge in [-0.3, -0.25) is 9.36 Å². The second-order valence-electron chi connectivity index (χ2n) is 8.29. The Kier molecular flexibility index (Phi) is 5.88. The fourth-order valence-corrected chi connectivity index (χ4v) is 4.31. The Balaban J connectivity index is 1.75. The van der Waals surface area contributed by atoms with Gasteiger partial charge in [0, 0.05) is 11.4 Å². The summed E-state index contributed by atoms with van der Waals surface area (Å²) in [5.74, 6) is -0.0692. The van der Waals surface area contributed by atoms with Gasteiger partial charge in [0.15, 0.2) is 0 Å². The fraction of sp³-hybridized carbons (Fsp3) is 0.0714. The first-order chi connectivity index (χ1) is 17.5. The van der Waals surface area contributed by atoms with Crippen molar-refractivity contribution in [2.24, 2.45) is 0 Å². The van der Waals surface area contributed by atoms with Gasteiger partial charge in [-0.2, -0.15) is 10.2 Å². The molecule has 0 saturated carbocycles. The number of aromatic nitrogens is 3. The van der Waals surface area contributed by atoms with Crippen molar-refractivity contribution in [2.45, 2.75) is 13.0 Å². The highest BCUT2D eigenvalue weighted by molar-refractivity contribution is 5.96. The number of fused-ring (bicyclic) bond motifs is 1. The van der Waals surface area contributed by atoms with Crippen molar-refractivity contribution in [3.8, 4) is 22.9 Å². The number of hydrogen-bond donors (Lipinski definition) is 2. The summed E-state index contributed by atoms with van der Waals surface area (Å²) in [7, 11) is 0. The van der Waals surface area contributed by atoms with Crippen LogP contribution < -0.4 is 16.6 Å². The first-order valence-electron chi connectivity index (χ1n) is 11.3. The lowest BCUT2D eigenvalue weighted by atomic mass is 9.97. The molecule has 0 aliphatic carbocycles. The lowest BCUT2D eigenvalue weighted by Gasteiger charge is -2.22. The molecule has 8 heteroatoms. The first-order valence-corrected chi connectivity index (χ1v) is 11.3. The van der Waals surface area contributed by atoms with Gasteiger partial charge in [0.2, 0.25) is 5.95 Å². The largest absolute Gasteiger partial charge is 0.368 e. The van der Waals surface area contributed by atoms with E-state index in [4.69, 9.17) is 5.73 Å². The molecule has 176 valence electrons. The minimum Gasteiger partial charge on any atom is -0.368 e. The third-order valence-corrected chi connectivity index (χ3v) is 5.95. The van der Waals surface area contributed by atoms with Crippen LogP contribution in [0.15, 0.2) is 89.9 Å². The first kappa shape index (κ1) is 22.7. The van der Waals surface area contributed by atoms with E-state index in [9.17, 15) is 14.4 Å². The highest BCUT2D eigenvalue weighted by Gasteiger charge is 2.20. The summed E-state index contributed by atoms with van der Waals surface area (Å²) < 4.78 is 15.7. The Morgan fingerprint density at radius 1 is 1.06 bits per heavy atom. The highest BCUT2D eigenvalue weighted by Crippen LogP contribution is 2.30. The molecule has 3 N–H and O–H groups in total. The molecule has 1 unspecified atom stereocenters. The normalized spacial score (nSPS) is 11.7. The summed E-state index contributed by atoms with van der Waals surface area (Å²) in [4.78, 5) is 22.2. The summed E-state index contributed by atoms with van der Waals surface area (Å²) in [5.41, 5.74) is 8.31. The molecule has 7 nitrogen and oxygen atoms in total. The maximum Gasteiger partial charge on any atom is 0.263 e. The third kappa shape index (κ3) is 4.14. The second kappa shape index (κ2) is 9.31. The zero-order chi connectivity index (χ0) is 25.2. The van der Waals surface area contributed by atoms with E-state index in [0.717, 1.165) is 0 Å². The van der Waals surface area contributed by atoms with E-state index in [2.05, 4.69) is 21.4 Å². The molecule has 0 spiro atoms. The molecular weight excluding hydrogens is 455 g/mol. The number of anilines is 2. The van der Waals surface area contributed by atoms with Crippen LogP contribution in [0, 0.1) is 17.1 Å². The van der Waals surface area contributed by atoms with Crippen LogP contribution >= 0.6 is 0 Å². The van der Waals surface area contributed by atoms with Gasteiger partial charge in [-0.05, 0) is 53.8 Å². The minimum absolute atomic E-state index is 0.0300. The topological polar surface area (TPSA) is 110 Å². The van der Waals surface area contributed by atoms with E-state index in [1.165, 1.54) is 18.3 Å². The van der Waals surface area contributed by atoms with Gasteiger partial charge in [-0.15, -0.1) is 0 Å². The number of pyridine rings is 1. The van der Waals surface area contributed by atoms with Gasteiger partial charge in [0.05, 0.1) is 17.6 Å².